The van der Waals surface area contributed by atoms with Gasteiger partial charge in [0.05, 0.1) is 13.2 Å². The van der Waals surface area contributed by atoms with Crippen LogP contribution in [0.15, 0.2) is 24.3 Å². The van der Waals surface area contributed by atoms with Crippen LogP contribution in [-0.2, 0) is 0 Å². The van der Waals surface area contributed by atoms with Gasteiger partial charge in [0.1, 0.15) is 5.75 Å². The van der Waals surface area contributed by atoms with E-state index in [1.807, 2.05) is 24.3 Å². The van der Waals surface area contributed by atoms with Gasteiger partial charge in [0, 0.05) is 0 Å². The summed E-state index contributed by atoms with van der Waals surface area (Å²) in [6.45, 7) is 0. The molecule has 1 aliphatic carbocycles. The van der Waals surface area contributed by atoms with E-state index in [9.17, 15) is 5.11 Å². The van der Waals surface area contributed by atoms with Crippen molar-refractivity contribution in [3.63, 3.8) is 0 Å². The van der Waals surface area contributed by atoms with Crippen LogP contribution in [0.25, 0.3) is 0 Å². The van der Waals surface area contributed by atoms with Gasteiger partial charge < -0.3 is 9.84 Å². The van der Waals surface area contributed by atoms with Gasteiger partial charge in [-0.15, -0.1) is 0 Å². The molecular weight excluding hydrogens is 212 g/mol. The molecule has 0 aliphatic heterocycles. The van der Waals surface area contributed by atoms with Crippen LogP contribution in [-0.4, -0.2) is 12.2 Å². The lowest BCUT2D eigenvalue weighted by molar-refractivity contribution is 0.0985. The largest absolute Gasteiger partial charge is 0.497 e. The van der Waals surface area contributed by atoms with Gasteiger partial charge in [0.2, 0.25) is 0 Å². The normalized spacial score (nSPS) is 19.6. The Labute approximate surface area is 104 Å². The van der Waals surface area contributed by atoms with Gasteiger partial charge >= 0.3 is 0 Å². The molecule has 1 saturated carbocycles. The van der Waals surface area contributed by atoms with Crippen LogP contribution in [0.1, 0.15) is 50.2 Å². The van der Waals surface area contributed by atoms with Crippen molar-refractivity contribution in [2.75, 3.05) is 7.11 Å². The molecule has 2 heteroatoms. The quantitative estimate of drug-likeness (QED) is 0.808. The summed E-state index contributed by atoms with van der Waals surface area (Å²) in [7, 11) is 1.66. The fourth-order valence-corrected chi connectivity index (χ4v) is 2.72. The minimum absolute atomic E-state index is 0.330. The van der Waals surface area contributed by atoms with Crippen molar-refractivity contribution in [2.24, 2.45) is 5.92 Å². The van der Waals surface area contributed by atoms with Crippen molar-refractivity contribution in [3.05, 3.63) is 29.8 Å². The van der Waals surface area contributed by atoms with E-state index in [0.29, 0.717) is 5.92 Å². The summed E-state index contributed by atoms with van der Waals surface area (Å²) in [5, 5.41) is 10.4. The maximum Gasteiger partial charge on any atom is 0.119 e. The number of rotatable bonds is 3. The van der Waals surface area contributed by atoms with Crippen LogP contribution in [0.2, 0.25) is 0 Å². The first-order valence-corrected chi connectivity index (χ1v) is 6.63. The van der Waals surface area contributed by atoms with Gasteiger partial charge in [-0.1, -0.05) is 37.8 Å². The standard InChI is InChI=1S/C15H22O2/c1-17-14-10-6-9-13(11-14)15(16)12-7-4-2-3-5-8-12/h6,9-12,15-16H,2-5,7-8H2,1H3. The van der Waals surface area contributed by atoms with E-state index >= 15 is 0 Å². The third kappa shape index (κ3) is 3.22. The van der Waals surface area contributed by atoms with Crippen LogP contribution in [0.3, 0.4) is 0 Å². The Balaban J connectivity index is 2.08. The van der Waals surface area contributed by atoms with Crippen molar-refractivity contribution >= 4 is 0 Å². The van der Waals surface area contributed by atoms with Gasteiger partial charge in [0.15, 0.2) is 0 Å². The fraction of sp³-hybridized carbons (Fsp3) is 0.600. The lowest BCUT2D eigenvalue weighted by atomic mass is 9.89. The molecule has 0 aromatic heterocycles. The number of hydrogen-bond acceptors (Lipinski definition) is 2. The number of hydrogen-bond donors (Lipinski definition) is 1. The van der Waals surface area contributed by atoms with Gasteiger partial charge in [-0.05, 0) is 36.5 Å². The number of ether oxygens (including phenoxy) is 1. The Morgan fingerprint density at radius 2 is 1.88 bits per heavy atom. The molecule has 1 fully saturated rings. The second kappa shape index (κ2) is 6.06. The summed E-state index contributed by atoms with van der Waals surface area (Å²) in [5.41, 5.74) is 0.997. The van der Waals surface area contributed by atoms with E-state index in [4.69, 9.17) is 4.74 Å². The van der Waals surface area contributed by atoms with Gasteiger partial charge in [-0.25, -0.2) is 0 Å². The predicted molar refractivity (Wildman–Crippen MR) is 69.1 cm³/mol. The first kappa shape index (κ1) is 12.4. The number of aliphatic hydroxyl groups excluding tert-OH is 1. The molecule has 2 nitrogen and oxygen atoms in total. The van der Waals surface area contributed by atoms with Gasteiger partial charge in [0.25, 0.3) is 0 Å². The molecule has 0 saturated heterocycles. The molecular formula is C15H22O2. The Bertz CT molecular complexity index is 341. The average Bonchev–Trinajstić information content (AvgIpc) is 2.67. The van der Waals surface area contributed by atoms with Gasteiger partial charge in [-0.3, -0.25) is 0 Å². The number of benzene rings is 1. The zero-order valence-electron chi connectivity index (χ0n) is 10.6. The lowest BCUT2D eigenvalue weighted by Gasteiger charge is -2.21. The molecule has 0 heterocycles. The predicted octanol–water partition coefficient (Wildman–Crippen LogP) is 3.70. The second-order valence-corrected chi connectivity index (χ2v) is 4.97. The highest BCUT2D eigenvalue weighted by Crippen LogP contribution is 2.34. The van der Waals surface area contributed by atoms with Gasteiger partial charge in [-0.2, -0.15) is 0 Å². The van der Waals surface area contributed by atoms with Crippen molar-refractivity contribution in [1.29, 1.82) is 0 Å². The van der Waals surface area contributed by atoms with Crippen LogP contribution in [0.4, 0.5) is 0 Å². The van der Waals surface area contributed by atoms with Crippen LogP contribution < -0.4 is 4.74 Å². The first-order chi connectivity index (χ1) is 8.31. The molecule has 0 spiro atoms. The average molecular weight is 234 g/mol. The van der Waals surface area contributed by atoms with Crippen LogP contribution in [0.5, 0.6) is 5.75 Å². The molecule has 2 rings (SSSR count). The molecule has 94 valence electrons. The highest BCUT2D eigenvalue weighted by molar-refractivity contribution is 5.30. The van der Waals surface area contributed by atoms with Crippen LogP contribution >= 0.6 is 0 Å². The maximum atomic E-state index is 10.4. The van der Waals surface area contributed by atoms with E-state index in [0.717, 1.165) is 24.2 Å². The molecule has 1 aliphatic rings. The Morgan fingerprint density at radius 3 is 2.53 bits per heavy atom. The van der Waals surface area contributed by atoms with Crippen molar-refractivity contribution in [1.82, 2.24) is 0 Å². The highest BCUT2D eigenvalue weighted by atomic mass is 16.5. The van der Waals surface area contributed by atoms with Crippen molar-refractivity contribution < 1.29 is 9.84 Å². The molecule has 1 atom stereocenters. The highest BCUT2D eigenvalue weighted by Gasteiger charge is 2.22. The summed E-state index contributed by atoms with van der Waals surface area (Å²) >= 11 is 0. The van der Waals surface area contributed by atoms with E-state index in [1.165, 1.54) is 25.7 Å². The number of aliphatic hydroxyl groups is 1. The summed E-state index contributed by atoms with van der Waals surface area (Å²) in [6.07, 6.45) is 7.12. The smallest absolute Gasteiger partial charge is 0.119 e. The monoisotopic (exact) mass is 234 g/mol. The molecule has 1 unspecified atom stereocenters. The van der Waals surface area contributed by atoms with E-state index in [2.05, 4.69) is 0 Å². The molecule has 1 aromatic rings. The summed E-state index contributed by atoms with van der Waals surface area (Å²) in [4.78, 5) is 0. The molecule has 17 heavy (non-hydrogen) atoms. The zero-order chi connectivity index (χ0) is 12.1. The SMILES string of the molecule is COc1cccc(C(O)C2CCCCCC2)c1. The topological polar surface area (TPSA) is 29.5 Å². The molecule has 1 aromatic carbocycles. The lowest BCUT2D eigenvalue weighted by Crippen LogP contribution is -2.12. The molecule has 0 radical (unpaired) electrons. The Kier molecular flexibility index (Phi) is 4.43. The Hall–Kier alpha value is -1.02. The fourth-order valence-electron chi connectivity index (χ4n) is 2.72. The third-order valence-corrected chi connectivity index (χ3v) is 3.78. The summed E-state index contributed by atoms with van der Waals surface area (Å²) < 4.78 is 5.21. The zero-order valence-corrected chi connectivity index (χ0v) is 10.6. The van der Waals surface area contributed by atoms with E-state index in [1.54, 1.807) is 7.11 Å². The Morgan fingerprint density at radius 1 is 1.18 bits per heavy atom. The summed E-state index contributed by atoms with van der Waals surface area (Å²) in [6, 6.07) is 7.82. The molecule has 1 N–H and O–H groups in total. The maximum absolute atomic E-state index is 10.4. The van der Waals surface area contributed by atoms with Crippen molar-refractivity contribution in [3.8, 4) is 5.75 Å². The van der Waals surface area contributed by atoms with Crippen molar-refractivity contribution in [2.45, 2.75) is 44.6 Å². The third-order valence-electron chi connectivity index (χ3n) is 3.78. The summed E-state index contributed by atoms with van der Waals surface area (Å²) in [5.74, 6) is 1.25. The minimum atomic E-state index is -0.330. The van der Waals surface area contributed by atoms with E-state index < -0.39 is 0 Å². The molecule has 0 amide bonds. The second-order valence-electron chi connectivity index (χ2n) is 4.97. The minimum Gasteiger partial charge on any atom is -0.497 e. The first-order valence-electron chi connectivity index (χ1n) is 6.63. The molecule has 0 bridgehead atoms. The van der Waals surface area contributed by atoms with Crippen LogP contribution in [0, 0.1) is 5.92 Å². The number of methoxy groups -OCH3 is 1. The van der Waals surface area contributed by atoms with E-state index in [-0.39, 0.29) is 6.10 Å².